The van der Waals surface area contributed by atoms with Gasteiger partial charge >= 0.3 is 5.69 Å². The minimum absolute atomic E-state index is 0.102. The molecule has 2 aromatic rings. The number of rotatable bonds is 9. The fourth-order valence-corrected chi connectivity index (χ4v) is 3.18. The van der Waals surface area contributed by atoms with Crippen molar-refractivity contribution >= 4 is 0 Å². The molecule has 0 spiro atoms. The molecule has 0 radical (unpaired) electrons. The van der Waals surface area contributed by atoms with E-state index < -0.39 is 0 Å². The van der Waals surface area contributed by atoms with Gasteiger partial charge in [0.25, 0.3) is 0 Å². The zero-order valence-electron chi connectivity index (χ0n) is 15.7. The second-order valence-corrected chi connectivity index (χ2v) is 6.66. The highest BCUT2D eigenvalue weighted by Gasteiger charge is 2.11. The number of imidazole rings is 1. The molecule has 1 aromatic heterocycles. The Morgan fingerprint density at radius 2 is 1.88 bits per heavy atom. The topological polar surface area (TPSA) is 47.2 Å². The first-order chi connectivity index (χ1) is 12.0. The van der Waals surface area contributed by atoms with Crippen molar-refractivity contribution in [3.63, 3.8) is 0 Å². The van der Waals surface area contributed by atoms with Gasteiger partial charge in [-0.15, -0.1) is 0 Å². The molecule has 0 saturated carbocycles. The number of phenolic OH excluding ortho intramolecular Hbond substituents is 1. The van der Waals surface area contributed by atoms with Gasteiger partial charge in [0.2, 0.25) is 0 Å². The van der Waals surface area contributed by atoms with Gasteiger partial charge in [-0.25, -0.2) is 4.79 Å². The summed E-state index contributed by atoms with van der Waals surface area (Å²) in [6, 6.07) is 7.36. The normalized spacial score (nSPS) is 11.9. The lowest BCUT2D eigenvalue weighted by atomic mass is 10.1. The Hall–Kier alpha value is -2.23. The van der Waals surface area contributed by atoms with E-state index in [0.29, 0.717) is 12.3 Å². The lowest BCUT2D eigenvalue weighted by molar-refractivity contribution is 0.475. The molecule has 0 fully saturated rings. The third-order valence-corrected chi connectivity index (χ3v) is 4.38. The summed E-state index contributed by atoms with van der Waals surface area (Å²) >= 11 is 0. The molecule has 0 aliphatic carbocycles. The summed E-state index contributed by atoms with van der Waals surface area (Å²) in [6.45, 7) is 7.75. The molecule has 0 atom stereocenters. The molecule has 0 aliphatic heterocycles. The van der Waals surface area contributed by atoms with Crippen LogP contribution in [0, 0.1) is 0 Å². The first kappa shape index (κ1) is 19.1. The van der Waals surface area contributed by atoms with Gasteiger partial charge in [-0.05, 0) is 56.7 Å². The van der Waals surface area contributed by atoms with Crippen LogP contribution in [0.2, 0.25) is 0 Å². The number of benzene rings is 1. The van der Waals surface area contributed by atoms with Crippen LogP contribution in [0.25, 0.3) is 0 Å². The van der Waals surface area contributed by atoms with E-state index in [-0.39, 0.29) is 5.69 Å². The van der Waals surface area contributed by atoms with Gasteiger partial charge < -0.3 is 5.11 Å². The van der Waals surface area contributed by atoms with E-state index in [1.807, 2.05) is 27.5 Å². The number of nitrogens with zero attached hydrogens (tertiary/aromatic N) is 2. The van der Waals surface area contributed by atoms with Crippen LogP contribution in [0.5, 0.6) is 5.75 Å². The quantitative estimate of drug-likeness (QED) is 0.691. The minimum atomic E-state index is 0.102. The van der Waals surface area contributed by atoms with Crippen molar-refractivity contribution in [2.75, 3.05) is 0 Å². The Labute approximate surface area is 150 Å². The van der Waals surface area contributed by atoms with Crippen molar-refractivity contribution in [3.05, 3.63) is 63.9 Å². The van der Waals surface area contributed by atoms with Crippen LogP contribution in [-0.2, 0) is 25.9 Å². The highest BCUT2D eigenvalue weighted by molar-refractivity contribution is 5.26. The van der Waals surface area contributed by atoms with Gasteiger partial charge in [0, 0.05) is 25.0 Å². The molecule has 1 heterocycles. The van der Waals surface area contributed by atoms with Gasteiger partial charge in [0.05, 0.1) is 0 Å². The first-order valence-electron chi connectivity index (χ1n) is 9.27. The molecular weight excluding hydrogens is 312 g/mol. The van der Waals surface area contributed by atoms with E-state index in [1.54, 1.807) is 12.1 Å². The van der Waals surface area contributed by atoms with Gasteiger partial charge in [-0.2, -0.15) is 0 Å². The smallest absolute Gasteiger partial charge is 0.328 e. The average Bonchev–Trinajstić information content (AvgIpc) is 2.86. The van der Waals surface area contributed by atoms with Crippen molar-refractivity contribution in [2.45, 2.75) is 66.0 Å². The molecule has 4 heteroatoms. The molecule has 0 amide bonds. The van der Waals surface area contributed by atoms with Crippen LogP contribution < -0.4 is 5.69 Å². The van der Waals surface area contributed by atoms with Crippen LogP contribution in [0.3, 0.4) is 0 Å². The molecule has 136 valence electrons. The van der Waals surface area contributed by atoms with Gasteiger partial charge in [0.1, 0.15) is 5.75 Å². The van der Waals surface area contributed by atoms with Crippen LogP contribution in [-0.4, -0.2) is 14.2 Å². The number of phenols is 1. The summed E-state index contributed by atoms with van der Waals surface area (Å²) in [6.07, 6.45) is 8.98. The molecule has 0 unspecified atom stereocenters. The Bertz CT molecular complexity index is 751. The van der Waals surface area contributed by atoms with Gasteiger partial charge in [-0.1, -0.05) is 37.6 Å². The minimum Gasteiger partial charge on any atom is -0.508 e. The third-order valence-electron chi connectivity index (χ3n) is 4.38. The van der Waals surface area contributed by atoms with Crippen molar-refractivity contribution in [1.29, 1.82) is 0 Å². The molecule has 4 nitrogen and oxygen atoms in total. The van der Waals surface area contributed by atoms with Crippen molar-refractivity contribution < 1.29 is 5.11 Å². The summed E-state index contributed by atoms with van der Waals surface area (Å²) in [5, 5.41) is 9.35. The lowest BCUT2D eigenvalue weighted by Crippen LogP contribution is -2.25. The molecule has 25 heavy (non-hydrogen) atoms. The fourth-order valence-electron chi connectivity index (χ4n) is 3.18. The molecule has 1 N–H and O–H groups in total. The second-order valence-electron chi connectivity index (χ2n) is 6.66. The highest BCUT2D eigenvalue weighted by atomic mass is 16.3. The van der Waals surface area contributed by atoms with Crippen molar-refractivity contribution in [2.24, 2.45) is 0 Å². The van der Waals surface area contributed by atoms with E-state index >= 15 is 0 Å². The van der Waals surface area contributed by atoms with Crippen LogP contribution >= 0.6 is 0 Å². The largest absolute Gasteiger partial charge is 0.508 e. The lowest BCUT2D eigenvalue weighted by Gasteiger charge is -2.06. The molecular formula is C21H30N2O2. The Morgan fingerprint density at radius 3 is 2.52 bits per heavy atom. The Kier molecular flexibility index (Phi) is 7.11. The van der Waals surface area contributed by atoms with E-state index in [1.165, 1.54) is 11.1 Å². The monoisotopic (exact) mass is 342 g/mol. The summed E-state index contributed by atoms with van der Waals surface area (Å²) in [4.78, 5) is 12.7. The average molecular weight is 342 g/mol. The van der Waals surface area contributed by atoms with Gasteiger partial charge in [-0.3, -0.25) is 9.13 Å². The first-order valence-corrected chi connectivity index (χ1v) is 9.27. The molecule has 2 rings (SSSR count). The summed E-state index contributed by atoms with van der Waals surface area (Å²) in [5.41, 5.74) is 3.66. The third kappa shape index (κ3) is 5.38. The molecule has 0 bridgehead atoms. The van der Waals surface area contributed by atoms with Crippen LogP contribution in [0.15, 0.2) is 46.9 Å². The van der Waals surface area contributed by atoms with E-state index in [4.69, 9.17) is 0 Å². The summed E-state index contributed by atoms with van der Waals surface area (Å²) < 4.78 is 3.77. The molecule has 0 saturated heterocycles. The Morgan fingerprint density at radius 1 is 1.16 bits per heavy atom. The number of hydrogen-bond acceptors (Lipinski definition) is 2. The maximum absolute atomic E-state index is 12.7. The number of hydrogen-bond donors (Lipinski definition) is 1. The van der Waals surface area contributed by atoms with Crippen LogP contribution in [0.4, 0.5) is 0 Å². The van der Waals surface area contributed by atoms with E-state index in [0.717, 1.165) is 44.3 Å². The molecule has 0 aliphatic rings. The Balaban J connectivity index is 2.08. The number of aromatic hydroxyl groups is 1. The summed E-state index contributed by atoms with van der Waals surface area (Å²) in [5.74, 6) is 0.299. The highest BCUT2D eigenvalue weighted by Crippen LogP contribution is 2.13. The molecule has 1 aromatic carbocycles. The predicted octanol–water partition coefficient (Wildman–Crippen LogP) is 4.30. The number of aromatic nitrogens is 2. The standard InChI is InChI=1S/C21H30N2O2/c1-4-7-17(3)15-22-16-19(23(14-5-2)21(22)25)9-6-8-18-10-12-20(24)13-11-18/h7,10-13,16,24H,4-6,8-9,14-15H2,1-3H3/b17-7+. The maximum Gasteiger partial charge on any atom is 0.328 e. The van der Waals surface area contributed by atoms with Crippen molar-refractivity contribution in [1.82, 2.24) is 9.13 Å². The zero-order chi connectivity index (χ0) is 18.2. The zero-order valence-corrected chi connectivity index (χ0v) is 15.7. The predicted molar refractivity (Wildman–Crippen MR) is 103 cm³/mol. The van der Waals surface area contributed by atoms with Crippen molar-refractivity contribution in [3.8, 4) is 5.75 Å². The summed E-state index contributed by atoms with van der Waals surface area (Å²) in [7, 11) is 0. The van der Waals surface area contributed by atoms with E-state index in [9.17, 15) is 9.90 Å². The number of allylic oxidation sites excluding steroid dienone is 2. The SMILES string of the molecule is CC/C=C(\C)Cn1cc(CCCc2ccc(O)cc2)n(CCC)c1=O. The van der Waals surface area contributed by atoms with Crippen LogP contribution in [0.1, 0.15) is 51.3 Å². The maximum atomic E-state index is 12.7. The van der Waals surface area contributed by atoms with Gasteiger partial charge in [0.15, 0.2) is 0 Å². The second kappa shape index (κ2) is 9.30. The fraction of sp³-hybridized carbons (Fsp3) is 0.476. The number of aryl methyl sites for hydroxylation is 2. The van der Waals surface area contributed by atoms with E-state index in [2.05, 4.69) is 26.8 Å².